The molecular formula is C37H36N2O6S2. The molecule has 6 rings (SSSR count). The number of aliphatic hydroxyl groups is 1. The number of esters is 1. The third-order valence-corrected chi connectivity index (χ3v) is 10.2. The highest BCUT2D eigenvalue weighted by molar-refractivity contribution is 8.01. The van der Waals surface area contributed by atoms with Crippen LogP contribution in [0.15, 0.2) is 101 Å². The zero-order chi connectivity index (χ0) is 32.8. The SMILES string of the molecule is CC(=O)OC(C)C(=O)NCc1cccc(-c2cccc(C3OC(CSc4nc5ccccc5s4)CC(c4ccc(CO)cc4)O3)c2)c1. The monoisotopic (exact) mass is 668 g/mol. The molecule has 1 aliphatic heterocycles. The van der Waals surface area contributed by atoms with Crippen LogP contribution in [0.2, 0.25) is 0 Å². The van der Waals surface area contributed by atoms with Gasteiger partial charge in [0.05, 0.1) is 29.0 Å². The van der Waals surface area contributed by atoms with Gasteiger partial charge in [0, 0.05) is 31.2 Å². The van der Waals surface area contributed by atoms with Crippen LogP contribution >= 0.6 is 23.1 Å². The number of ether oxygens (including phenoxy) is 3. The van der Waals surface area contributed by atoms with Gasteiger partial charge >= 0.3 is 5.97 Å². The smallest absolute Gasteiger partial charge is 0.303 e. The summed E-state index contributed by atoms with van der Waals surface area (Å²) in [4.78, 5) is 28.3. The Kier molecular flexibility index (Phi) is 10.6. The van der Waals surface area contributed by atoms with E-state index in [1.54, 1.807) is 30.0 Å². The summed E-state index contributed by atoms with van der Waals surface area (Å²) in [6, 6.07) is 32.2. The van der Waals surface area contributed by atoms with Crippen molar-refractivity contribution in [2.24, 2.45) is 0 Å². The van der Waals surface area contributed by atoms with Gasteiger partial charge in [-0.15, -0.1) is 11.3 Å². The fraction of sp³-hybridized carbons (Fsp3) is 0.270. The Balaban J connectivity index is 1.19. The highest BCUT2D eigenvalue weighted by Crippen LogP contribution is 2.41. The Morgan fingerprint density at radius 3 is 2.49 bits per heavy atom. The molecule has 47 heavy (non-hydrogen) atoms. The van der Waals surface area contributed by atoms with Gasteiger partial charge in [-0.25, -0.2) is 4.98 Å². The van der Waals surface area contributed by atoms with Crippen LogP contribution in [0.3, 0.4) is 0 Å². The van der Waals surface area contributed by atoms with Gasteiger partial charge in [-0.05, 0) is 59.0 Å². The van der Waals surface area contributed by atoms with Crippen LogP contribution in [0.5, 0.6) is 0 Å². The number of fused-ring (bicyclic) bond motifs is 1. The number of amides is 1. The standard InChI is InChI=1S/C37H36N2O6S2/c1-23(43-24(2)41)35(42)38-20-26-7-5-8-28(17-26)29-9-6-10-30(18-29)36-44-31(19-33(45-36)27-15-13-25(21-40)14-16-27)22-46-37-39-32-11-3-4-12-34(32)47-37/h3-18,23,31,33,36,40H,19-22H2,1-2H3,(H,38,42). The van der Waals surface area contributed by atoms with E-state index in [9.17, 15) is 14.7 Å². The third kappa shape index (κ3) is 8.46. The summed E-state index contributed by atoms with van der Waals surface area (Å²) in [5.74, 6) is -0.116. The lowest BCUT2D eigenvalue weighted by molar-refractivity contribution is -0.245. The number of thioether (sulfide) groups is 1. The molecule has 4 aromatic carbocycles. The number of aromatic nitrogens is 1. The zero-order valence-electron chi connectivity index (χ0n) is 26.1. The second-order valence-corrected chi connectivity index (χ2v) is 13.7. The maximum atomic E-state index is 12.4. The van der Waals surface area contributed by atoms with Gasteiger partial charge in [0.25, 0.3) is 5.91 Å². The van der Waals surface area contributed by atoms with E-state index in [4.69, 9.17) is 19.2 Å². The van der Waals surface area contributed by atoms with Crippen molar-refractivity contribution in [3.05, 3.63) is 119 Å². The number of hydrogen-bond acceptors (Lipinski definition) is 9. The van der Waals surface area contributed by atoms with E-state index in [0.29, 0.717) is 13.0 Å². The number of carbonyl (C=O) groups is 2. The Hall–Kier alpha value is -4.06. The molecule has 242 valence electrons. The first-order valence-corrected chi connectivity index (χ1v) is 17.3. The molecule has 0 aliphatic carbocycles. The molecule has 1 amide bonds. The van der Waals surface area contributed by atoms with Crippen LogP contribution in [-0.2, 0) is 37.0 Å². The van der Waals surface area contributed by atoms with Crippen LogP contribution < -0.4 is 5.32 Å². The molecule has 1 saturated heterocycles. The Labute approximate surface area is 282 Å². The zero-order valence-corrected chi connectivity index (χ0v) is 27.8. The fourth-order valence-electron chi connectivity index (χ4n) is 5.46. The normalized spacial score (nSPS) is 18.5. The number of carbonyl (C=O) groups excluding carboxylic acids is 2. The van der Waals surface area contributed by atoms with E-state index in [-0.39, 0.29) is 24.7 Å². The Bertz CT molecular complexity index is 1810. The molecule has 2 heterocycles. The highest BCUT2D eigenvalue weighted by atomic mass is 32.2. The van der Waals surface area contributed by atoms with Gasteiger partial charge in [-0.2, -0.15) is 0 Å². The predicted octanol–water partition coefficient (Wildman–Crippen LogP) is 7.36. The van der Waals surface area contributed by atoms with Crippen molar-refractivity contribution >= 4 is 45.2 Å². The van der Waals surface area contributed by atoms with Crippen molar-refractivity contribution in [2.75, 3.05) is 5.75 Å². The van der Waals surface area contributed by atoms with Crippen LogP contribution in [0.4, 0.5) is 0 Å². The number of rotatable bonds is 11. The Morgan fingerprint density at radius 1 is 0.957 bits per heavy atom. The molecular weight excluding hydrogens is 633 g/mol. The summed E-state index contributed by atoms with van der Waals surface area (Å²) in [6.07, 6.45) is -1.03. The number of hydrogen-bond donors (Lipinski definition) is 2. The maximum absolute atomic E-state index is 12.4. The molecule has 4 atom stereocenters. The quantitative estimate of drug-likeness (QED) is 0.111. The Morgan fingerprint density at radius 2 is 1.72 bits per heavy atom. The molecule has 5 aromatic rings. The number of benzene rings is 4. The number of thiazole rings is 1. The minimum atomic E-state index is -0.859. The number of nitrogens with one attached hydrogen (secondary N) is 1. The molecule has 1 aromatic heterocycles. The van der Waals surface area contributed by atoms with Crippen LogP contribution in [0, 0.1) is 0 Å². The summed E-state index contributed by atoms with van der Waals surface area (Å²) in [5, 5.41) is 12.4. The molecule has 0 spiro atoms. The van der Waals surface area contributed by atoms with E-state index < -0.39 is 18.4 Å². The molecule has 1 fully saturated rings. The summed E-state index contributed by atoms with van der Waals surface area (Å²) < 4.78 is 20.4. The predicted molar refractivity (Wildman–Crippen MR) is 184 cm³/mol. The summed E-state index contributed by atoms with van der Waals surface area (Å²) in [5.41, 5.74) is 6.70. The van der Waals surface area contributed by atoms with Crippen molar-refractivity contribution in [3.8, 4) is 11.1 Å². The fourth-order valence-corrected chi connectivity index (χ4v) is 7.57. The molecule has 0 bridgehead atoms. The van der Waals surface area contributed by atoms with Crippen LogP contribution in [0.25, 0.3) is 21.3 Å². The minimum Gasteiger partial charge on any atom is -0.453 e. The molecule has 10 heteroatoms. The van der Waals surface area contributed by atoms with E-state index >= 15 is 0 Å². The molecule has 0 radical (unpaired) electrons. The lowest BCUT2D eigenvalue weighted by Crippen LogP contribution is -2.35. The van der Waals surface area contributed by atoms with E-state index in [2.05, 4.69) is 17.4 Å². The number of aliphatic hydroxyl groups excluding tert-OH is 1. The van der Waals surface area contributed by atoms with Gasteiger partial charge in [0.1, 0.15) is 0 Å². The number of para-hydroxylation sites is 1. The van der Waals surface area contributed by atoms with E-state index in [1.807, 2.05) is 84.9 Å². The van der Waals surface area contributed by atoms with Crippen LogP contribution in [0.1, 0.15) is 54.9 Å². The molecule has 0 saturated carbocycles. The summed E-state index contributed by atoms with van der Waals surface area (Å²) in [7, 11) is 0. The first-order valence-electron chi connectivity index (χ1n) is 15.5. The lowest BCUT2D eigenvalue weighted by Gasteiger charge is -2.36. The largest absolute Gasteiger partial charge is 0.453 e. The van der Waals surface area contributed by atoms with E-state index in [1.165, 1.54) is 11.6 Å². The van der Waals surface area contributed by atoms with Crippen molar-refractivity contribution < 1.29 is 28.9 Å². The average molecular weight is 669 g/mol. The highest BCUT2D eigenvalue weighted by Gasteiger charge is 2.32. The van der Waals surface area contributed by atoms with Crippen LogP contribution in [-0.4, -0.2) is 39.9 Å². The van der Waals surface area contributed by atoms with Crippen molar-refractivity contribution in [1.82, 2.24) is 10.3 Å². The molecule has 8 nitrogen and oxygen atoms in total. The van der Waals surface area contributed by atoms with Gasteiger partial charge in [0.2, 0.25) is 0 Å². The maximum Gasteiger partial charge on any atom is 0.303 e. The summed E-state index contributed by atoms with van der Waals surface area (Å²) in [6.45, 7) is 3.13. The lowest BCUT2D eigenvalue weighted by atomic mass is 9.99. The molecule has 4 unspecified atom stereocenters. The second-order valence-electron chi connectivity index (χ2n) is 11.4. The van der Waals surface area contributed by atoms with Gasteiger partial charge < -0.3 is 24.6 Å². The van der Waals surface area contributed by atoms with E-state index in [0.717, 1.165) is 49.0 Å². The molecule has 1 aliphatic rings. The van der Waals surface area contributed by atoms with Crippen molar-refractivity contribution in [2.45, 2.75) is 62.4 Å². The van der Waals surface area contributed by atoms with Gasteiger partial charge in [0.15, 0.2) is 16.7 Å². The van der Waals surface area contributed by atoms with Crippen molar-refractivity contribution in [3.63, 3.8) is 0 Å². The topological polar surface area (TPSA) is 107 Å². The molecule has 2 N–H and O–H groups in total. The van der Waals surface area contributed by atoms with Crippen molar-refractivity contribution in [1.29, 1.82) is 0 Å². The van der Waals surface area contributed by atoms with Gasteiger partial charge in [-0.3, -0.25) is 9.59 Å². The average Bonchev–Trinajstić information content (AvgIpc) is 3.53. The minimum absolute atomic E-state index is 0.00720. The summed E-state index contributed by atoms with van der Waals surface area (Å²) >= 11 is 3.40. The number of nitrogens with zero attached hydrogens (tertiary/aromatic N) is 1. The third-order valence-electron chi connectivity index (χ3n) is 7.88. The second kappa shape index (κ2) is 15.2. The first-order chi connectivity index (χ1) is 22.8. The van der Waals surface area contributed by atoms with Gasteiger partial charge in [-0.1, -0.05) is 84.6 Å². The first kappa shape index (κ1) is 32.9.